The minimum atomic E-state index is 0.280. The van der Waals surface area contributed by atoms with Crippen LogP contribution in [0.1, 0.15) is 30.4 Å². The lowest BCUT2D eigenvalue weighted by Crippen LogP contribution is -2.35. The zero-order valence-corrected chi connectivity index (χ0v) is 14.1. The molecule has 0 radical (unpaired) electrons. The van der Waals surface area contributed by atoms with E-state index in [1.165, 1.54) is 18.4 Å². The first-order valence-electron chi connectivity index (χ1n) is 8.56. The average molecular weight is 324 g/mol. The number of aliphatic hydroxyl groups is 1. The van der Waals surface area contributed by atoms with Gasteiger partial charge in [-0.2, -0.15) is 10.4 Å². The Morgan fingerprint density at radius 3 is 2.83 bits per heavy atom. The number of piperidine rings is 1. The summed E-state index contributed by atoms with van der Waals surface area (Å²) < 4.78 is 1.86. The zero-order valence-electron chi connectivity index (χ0n) is 14.1. The van der Waals surface area contributed by atoms with Crippen LogP contribution in [-0.4, -0.2) is 39.5 Å². The first-order valence-corrected chi connectivity index (χ1v) is 8.56. The van der Waals surface area contributed by atoms with Gasteiger partial charge in [-0.3, -0.25) is 9.58 Å². The van der Waals surface area contributed by atoms with Crippen LogP contribution >= 0.6 is 0 Å². The molecule has 126 valence electrons. The third-order valence-electron chi connectivity index (χ3n) is 4.73. The summed E-state index contributed by atoms with van der Waals surface area (Å²) in [5.74, 6) is 0.596. The van der Waals surface area contributed by atoms with E-state index in [-0.39, 0.29) is 6.61 Å². The molecule has 2 heterocycles. The van der Waals surface area contributed by atoms with Crippen molar-refractivity contribution in [2.45, 2.75) is 25.8 Å². The molecular weight excluding hydrogens is 300 g/mol. The molecule has 5 nitrogen and oxygen atoms in total. The largest absolute Gasteiger partial charge is 0.396 e. The number of aliphatic hydroxyl groups excluding tert-OH is 1. The van der Waals surface area contributed by atoms with Crippen molar-refractivity contribution >= 4 is 0 Å². The van der Waals surface area contributed by atoms with Crippen molar-refractivity contribution in [3.05, 3.63) is 41.6 Å². The van der Waals surface area contributed by atoms with Crippen molar-refractivity contribution in [1.29, 1.82) is 5.26 Å². The molecule has 1 fully saturated rings. The van der Waals surface area contributed by atoms with Crippen molar-refractivity contribution < 1.29 is 5.11 Å². The van der Waals surface area contributed by atoms with Crippen LogP contribution in [0.25, 0.3) is 11.3 Å². The van der Waals surface area contributed by atoms with Gasteiger partial charge in [0.05, 0.1) is 17.3 Å². The van der Waals surface area contributed by atoms with Gasteiger partial charge in [-0.05, 0) is 43.9 Å². The van der Waals surface area contributed by atoms with Crippen LogP contribution in [0.2, 0.25) is 0 Å². The molecule has 0 aliphatic carbocycles. The second-order valence-corrected chi connectivity index (χ2v) is 6.62. The molecule has 3 rings (SSSR count). The molecule has 24 heavy (non-hydrogen) atoms. The topological polar surface area (TPSA) is 65.1 Å². The number of aryl methyl sites for hydroxylation is 1. The molecule has 0 bridgehead atoms. The number of nitrogens with zero attached hydrogens (tertiary/aromatic N) is 4. The Hall–Kier alpha value is -2.16. The van der Waals surface area contributed by atoms with Gasteiger partial charge in [0.1, 0.15) is 0 Å². The second kappa shape index (κ2) is 7.61. The van der Waals surface area contributed by atoms with Gasteiger partial charge >= 0.3 is 0 Å². The van der Waals surface area contributed by atoms with E-state index < -0.39 is 0 Å². The summed E-state index contributed by atoms with van der Waals surface area (Å²) in [5.41, 5.74) is 3.92. The van der Waals surface area contributed by atoms with Crippen molar-refractivity contribution in [2.24, 2.45) is 13.0 Å². The van der Waals surface area contributed by atoms with E-state index in [0.29, 0.717) is 11.5 Å². The Morgan fingerprint density at radius 2 is 2.12 bits per heavy atom. The van der Waals surface area contributed by atoms with Gasteiger partial charge in [0, 0.05) is 44.1 Å². The normalized spacial score (nSPS) is 18.5. The lowest BCUT2D eigenvalue weighted by Gasteiger charge is -2.32. The molecule has 0 spiro atoms. The number of nitriles is 1. The van der Waals surface area contributed by atoms with Crippen LogP contribution in [0.3, 0.4) is 0 Å². The molecule has 1 aromatic heterocycles. The fraction of sp³-hybridized carbons (Fsp3) is 0.474. The molecular formula is C19H24N4O. The van der Waals surface area contributed by atoms with Crippen molar-refractivity contribution in [3.8, 4) is 17.3 Å². The van der Waals surface area contributed by atoms with Crippen LogP contribution in [0.15, 0.2) is 30.5 Å². The third-order valence-corrected chi connectivity index (χ3v) is 4.73. The van der Waals surface area contributed by atoms with E-state index in [1.807, 2.05) is 36.0 Å². The number of hydrogen-bond donors (Lipinski definition) is 1. The number of likely N-dealkylation sites (tertiary alicyclic amines) is 1. The Morgan fingerprint density at radius 1 is 1.33 bits per heavy atom. The minimum Gasteiger partial charge on any atom is -0.396 e. The van der Waals surface area contributed by atoms with Crippen LogP contribution in [0.4, 0.5) is 0 Å². The highest BCUT2D eigenvalue weighted by Gasteiger charge is 2.21. The molecule has 1 N–H and O–H groups in total. The van der Waals surface area contributed by atoms with E-state index in [2.05, 4.69) is 22.3 Å². The predicted molar refractivity (Wildman–Crippen MR) is 93.1 cm³/mol. The smallest absolute Gasteiger partial charge is 0.0991 e. The van der Waals surface area contributed by atoms with Gasteiger partial charge < -0.3 is 5.11 Å². The second-order valence-electron chi connectivity index (χ2n) is 6.62. The zero-order chi connectivity index (χ0) is 16.9. The van der Waals surface area contributed by atoms with E-state index in [4.69, 9.17) is 5.26 Å². The molecule has 1 saturated heterocycles. The first-order chi connectivity index (χ1) is 11.7. The Labute approximate surface area is 143 Å². The van der Waals surface area contributed by atoms with Gasteiger partial charge in [-0.1, -0.05) is 12.1 Å². The van der Waals surface area contributed by atoms with E-state index >= 15 is 0 Å². The summed E-state index contributed by atoms with van der Waals surface area (Å²) in [5, 5.41) is 22.8. The molecule has 1 aliphatic rings. The van der Waals surface area contributed by atoms with Crippen LogP contribution < -0.4 is 0 Å². The SMILES string of the molecule is Cn1cc(CN2CCC[C@@H](CCO)C2)c(-c2ccc(C#N)cc2)n1. The van der Waals surface area contributed by atoms with E-state index in [9.17, 15) is 5.11 Å². The van der Waals surface area contributed by atoms with Crippen LogP contribution in [0, 0.1) is 17.2 Å². The molecule has 0 unspecified atom stereocenters. The quantitative estimate of drug-likeness (QED) is 0.918. The predicted octanol–water partition coefficient (Wildman–Crippen LogP) is 2.55. The number of rotatable bonds is 5. The highest BCUT2D eigenvalue weighted by molar-refractivity contribution is 5.63. The first kappa shape index (κ1) is 16.7. The molecule has 1 aromatic carbocycles. The maximum atomic E-state index is 9.18. The Balaban J connectivity index is 1.77. The van der Waals surface area contributed by atoms with Gasteiger partial charge in [0.2, 0.25) is 0 Å². The third kappa shape index (κ3) is 3.84. The highest BCUT2D eigenvalue weighted by atomic mass is 16.3. The Kier molecular flexibility index (Phi) is 5.29. The molecule has 0 amide bonds. The van der Waals surface area contributed by atoms with Crippen molar-refractivity contribution in [3.63, 3.8) is 0 Å². The number of hydrogen-bond acceptors (Lipinski definition) is 4. The summed E-state index contributed by atoms with van der Waals surface area (Å²) in [6, 6.07) is 9.77. The van der Waals surface area contributed by atoms with Crippen molar-refractivity contribution in [1.82, 2.24) is 14.7 Å². The lowest BCUT2D eigenvalue weighted by molar-refractivity contribution is 0.142. The van der Waals surface area contributed by atoms with E-state index in [1.54, 1.807) is 0 Å². The minimum absolute atomic E-state index is 0.280. The Bertz CT molecular complexity index is 712. The van der Waals surface area contributed by atoms with Gasteiger partial charge in [-0.15, -0.1) is 0 Å². The standard InChI is InChI=1S/C19H24N4O/c1-22-13-18(14-23-9-2-3-16(12-23)8-10-24)19(21-22)17-6-4-15(11-20)5-7-17/h4-7,13,16,24H,2-3,8-10,12,14H2,1H3/t16-/m0/s1. The van der Waals surface area contributed by atoms with Crippen molar-refractivity contribution in [2.75, 3.05) is 19.7 Å². The molecule has 0 saturated carbocycles. The summed E-state index contributed by atoms with van der Waals surface area (Å²) in [6.07, 6.45) is 5.39. The maximum Gasteiger partial charge on any atom is 0.0991 e. The summed E-state index contributed by atoms with van der Waals surface area (Å²) in [4.78, 5) is 2.47. The van der Waals surface area contributed by atoms with E-state index in [0.717, 1.165) is 37.3 Å². The van der Waals surface area contributed by atoms with Crippen LogP contribution in [-0.2, 0) is 13.6 Å². The molecule has 2 aromatic rings. The molecule has 5 heteroatoms. The fourth-order valence-corrected chi connectivity index (χ4v) is 3.55. The highest BCUT2D eigenvalue weighted by Crippen LogP contribution is 2.26. The summed E-state index contributed by atoms with van der Waals surface area (Å²) >= 11 is 0. The molecule has 1 aliphatic heterocycles. The summed E-state index contributed by atoms with van der Waals surface area (Å²) in [7, 11) is 1.95. The summed E-state index contributed by atoms with van der Waals surface area (Å²) in [6.45, 7) is 3.30. The fourth-order valence-electron chi connectivity index (χ4n) is 3.55. The maximum absolute atomic E-state index is 9.18. The van der Waals surface area contributed by atoms with Gasteiger partial charge in [-0.25, -0.2) is 0 Å². The molecule has 1 atom stereocenters. The van der Waals surface area contributed by atoms with Gasteiger partial charge in [0.15, 0.2) is 0 Å². The average Bonchev–Trinajstić information content (AvgIpc) is 2.96. The lowest BCUT2D eigenvalue weighted by atomic mass is 9.94. The monoisotopic (exact) mass is 324 g/mol. The van der Waals surface area contributed by atoms with Gasteiger partial charge in [0.25, 0.3) is 0 Å². The number of aromatic nitrogens is 2. The number of benzene rings is 1. The van der Waals surface area contributed by atoms with Crippen LogP contribution in [0.5, 0.6) is 0 Å².